The molecular weight excluding hydrogens is 535 g/mol. The standard InChI is InChI=1S/C15H9ClF2IN3O3S2/c16-8-3-6(19)1-2-9(8)21-15-7(10-5-12(26)22-25-10)4-11(27(20,23)24)13(17)14(15)18/h1-5,21H,(H,22,26)(H2,20,23,24). The maximum absolute atomic E-state index is 14.8. The molecule has 12 heteroatoms. The Morgan fingerprint density at radius 3 is 2.48 bits per heavy atom. The highest BCUT2D eigenvalue weighted by molar-refractivity contribution is 14.1. The summed E-state index contributed by atoms with van der Waals surface area (Å²) >= 11 is 13.1. The van der Waals surface area contributed by atoms with Gasteiger partial charge in [0.1, 0.15) is 9.54 Å². The summed E-state index contributed by atoms with van der Waals surface area (Å²) in [6, 6.07) is 7.04. The molecule has 0 saturated heterocycles. The lowest BCUT2D eigenvalue weighted by atomic mass is 10.1. The number of H-pyrrole nitrogens is 1. The quantitative estimate of drug-likeness (QED) is 0.320. The zero-order valence-corrected chi connectivity index (χ0v) is 17.6. The summed E-state index contributed by atoms with van der Waals surface area (Å²) in [7, 11) is -4.53. The van der Waals surface area contributed by atoms with Crippen LogP contribution in [0.25, 0.3) is 11.3 Å². The number of rotatable bonds is 4. The summed E-state index contributed by atoms with van der Waals surface area (Å²) in [6.45, 7) is 0. The molecule has 2 aromatic carbocycles. The molecule has 1 heterocycles. The molecular formula is C15H9ClF2IN3O3S2. The Morgan fingerprint density at radius 2 is 1.93 bits per heavy atom. The molecule has 3 rings (SSSR count). The van der Waals surface area contributed by atoms with Gasteiger partial charge in [0, 0.05) is 15.2 Å². The fourth-order valence-corrected chi connectivity index (χ4v) is 3.94. The fraction of sp³-hybridized carbons (Fsp3) is 0. The van der Waals surface area contributed by atoms with Gasteiger partial charge in [0.25, 0.3) is 0 Å². The Hall–Kier alpha value is -1.54. The molecule has 0 aliphatic carbocycles. The third-order valence-electron chi connectivity index (χ3n) is 3.46. The Labute approximate surface area is 175 Å². The van der Waals surface area contributed by atoms with Crippen molar-refractivity contribution >= 4 is 67.8 Å². The second kappa shape index (κ2) is 7.47. The number of anilines is 2. The zero-order chi connectivity index (χ0) is 19.9. The number of aromatic nitrogens is 1. The van der Waals surface area contributed by atoms with Gasteiger partial charge in [-0.15, -0.1) is 0 Å². The van der Waals surface area contributed by atoms with Crippen LogP contribution in [0.3, 0.4) is 0 Å². The highest BCUT2D eigenvalue weighted by Gasteiger charge is 2.26. The van der Waals surface area contributed by atoms with Crippen molar-refractivity contribution in [2.75, 3.05) is 5.32 Å². The van der Waals surface area contributed by atoms with Gasteiger partial charge < -0.3 is 9.84 Å². The van der Waals surface area contributed by atoms with Gasteiger partial charge >= 0.3 is 0 Å². The van der Waals surface area contributed by atoms with E-state index in [4.69, 9.17) is 33.5 Å². The number of halogens is 4. The number of hydrogen-bond acceptors (Lipinski definition) is 5. The first-order valence-electron chi connectivity index (χ1n) is 7.03. The highest BCUT2D eigenvalue weighted by Crippen LogP contribution is 2.38. The van der Waals surface area contributed by atoms with Crippen LogP contribution in [0.15, 0.2) is 39.8 Å². The minimum absolute atomic E-state index is 0.0204. The van der Waals surface area contributed by atoms with E-state index >= 15 is 0 Å². The molecule has 27 heavy (non-hydrogen) atoms. The van der Waals surface area contributed by atoms with Crippen molar-refractivity contribution in [2.45, 2.75) is 4.90 Å². The number of nitrogens with two attached hydrogens (primary N) is 1. The largest absolute Gasteiger partial charge is 0.381 e. The maximum Gasteiger partial charge on any atom is 0.241 e. The van der Waals surface area contributed by atoms with Crippen LogP contribution in [0.2, 0.25) is 5.02 Å². The summed E-state index contributed by atoms with van der Waals surface area (Å²) in [5.41, 5.74) is -0.227. The number of benzene rings is 2. The fourth-order valence-electron chi connectivity index (χ4n) is 2.27. The lowest BCUT2D eigenvalue weighted by Crippen LogP contribution is -2.16. The second-order valence-corrected chi connectivity index (χ2v) is 8.92. The third-order valence-corrected chi connectivity index (χ3v) is 5.55. The van der Waals surface area contributed by atoms with Crippen molar-refractivity contribution in [1.29, 1.82) is 0 Å². The van der Waals surface area contributed by atoms with Crippen molar-refractivity contribution in [3.63, 3.8) is 0 Å². The first-order chi connectivity index (χ1) is 12.6. The van der Waals surface area contributed by atoms with Crippen LogP contribution in [0.5, 0.6) is 0 Å². The van der Waals surface area contributed by atoms with Gasteiger partial charge in [-0.2, -0.15) is 0 Å². The summed E-state index contributed by atoms with van der Waals surface area (Å²) in [4.78, 5) is -1.02. The number of hydrogen-bond donors (Lipinski definition) is 3. The molecule has 4 N–H and O–H groups in total. The molecule has 0 bridgehead atoms. The van der Waals surface area contributed by atoms with Gasteiger partial charge in [0.05, 0.1) is 16.4 Å². The second-order valence-electron chi connectivity index (χ2n) is 5.30. The molecule has 0 saturated carbocycles. The average Bonchev–Trinajstić information content (AvgIpc) is 2.99. The number of aromatic amines is 1. The molecule has 0 radical (unpaired) electrons. The monoisotopic (exact) mass is 543 g/mol. The van der Waals surface area contributed by atoms with E-state index in [0.29, 0.717) is 0 Å². The molecule has 6 nitrogen and oxygen atoms in total. The first-order valence-corrected chi connectivity index (χ1v) is 10.4. The van der Waals surface area contributed by atoms with Crippen LogP contribution in [-0.4, -0.2) is 13.6 Å². The topological polar surface area (TPSA) is 101 Å². The van der Waals surface area contributed by atoms with Gasteiger partial charge in [0.15, 0.2) is 17.4 Å². The van der Waals surface area contributed by atoms with Gasteiger partial charge in [-0.05, 0) is 46.9 Å². The van der Waals surface area contributed by atoms with E-state index in [9.17, 15) is 17.2 Å². The molecule has 142 valence electrons. The Kier molecular flexibility index (Phi) is 5.59. The van der Waals surface area contributed by atoms with Crippen LogP contribution in [0.4, 0.5) is 20.2 Å². The normalized spacial score (nSPS) is 11.6. The van der Waals surface area contributed by atoms with Crippen molar-refractivity contribution < 1.29 is 21.7 Å². The molecule has 0 unspecified atom stereocenters. The highest BCUT2D eigenvalue weighted by atomic mass is 127. The predicted octanol–water partition coefficient (Wildman–Crippen LogP) is 4.93. The van der Waals surface area contributed by atoms with Gasteiger partial charge in [-0.1, -0.05) is 23.8 Å². The lowest BCUT2D eigenvalue weighted by molar-refractivity contribution is 0.428. The van der Waals surface area contributed by atoms with Crippen LogP contribution < -0.4 is 10.5 Å². The van der Waals surface area contributed by atoms with E-state index in [0.717, 1.165) is 9.64 Å². The molecule has 0 fully saturated rings. The molecule has 0 aliphatic rings. The summed E-state index contributed by atoms with van der Waals surface area (Å²) in [5, 5.41) is 10.3. The number of sulfonamides is 1. The zero-order valence-electron chi connectivity index (χ0n) is 13.0. The maximum atomic E-state index is 14.8. The van der Waals surface area contributed by atoms with Crippen molar-refractivity contribution in [3.05, 3.63) is 55.2 Å². The van der Waals surface area contributed by atoms with E-state index in [1.165, 1.54) is 6.07 Å². The predicted molar refractivity (Wildman–Crippen MR) is 108 cm³/mol. The van der Waals surface area contributed by atoms with E-state index in [1.54, 1.807) is 18.2 Å². The van der Waals surface area contributed by atoms with Gasteiger partial charge in [-0.25, -0.2) is 27.5 Å². The Balaban J connectivity index is 2.28. The van der Waals surface area contributed by atoms with E-state index in [1.807, 2.05) is 22.6 Å². The third kappa shape index (κ3) is 4.16. The number of primary sulfonamides is 1. The van der Waals surface area contributed by atoms with Crippen molar-refractivity contribution in [3.8, 4) is 11.3 Å². The van der Waals surface area contributed by atoms with E-state index in [-0.39, 0.29) is 32.4 Å². The summed E-state index contributed by atoms with van der Waals surface area (Å²) in [5.74, 6) is -3.11. The van der Waals surface area contributed by atoms with Crippen LogP contribution in [-0.2, 0) is 10.0 Å². The van der Waals surface area contributed by atoms with Gasteiger partial charge in [-0.3, -0.25) is 0 Å². The minimum Gasteiger partial charge on any atom is -0.381 e. The smallest absolute Gasteiger partial charge is 0.241 e. The SMILES string of the molecule is NS(=O)(=O)c1cc(-c2cc(=S)[nH]o2)c(Nc2ccc(I)cc2Cl)c(F)c1F. The van der Waals surface area contributed by atoms with Crippen molar-refractivity contribution in [2.24, 2.45) is 5.14 Å². The van der Waals surface area contributed by atoms with Crippen LogP contribution in [0, 0.1) is 19.8 Å². The lowest BCUT2D eigenvalue weighted by Gasteiger charge is -2.15. The average molecular weight is 544 g/mol. The molecule has 0 amide bonds. The molecule has 0 aliphatic heterocycles. The van der Waals surface area contributed by atoms with Crippen LogP contribution in [0.1, 0.15) is 0 Å². The minimum atomic E-state index is -4.53. The van der Waals surface area contributed by atoms with Crippen molar-refractivity contribution in [1.82, 2.24) is 5.16 Å². The number of nitrogens with one attached hydrogen (secondary N) is 2. The summed E-state index contributed by atoms with van der Waals surface area (Å²) < 4.78 is 58.5. The molecule has 0 spiro atoms. The molecule has 3 aromatic rings. The summed E-state index contributed by atoms with van der Waals surface area (Å²) in [6.07, 6.45) is 0. The Bertz CT molecular complexity index is 1210. The Morgan fingerprint density at radius 1 is 1.22 bits per heavy atom. The first kappa shape index (κ1) is 20.2. The van der Waals surface area contributed by atoms with Gasteiger partial charge in [0.2, 0.25) is 10.0 Å². The van der Waals surface area contributed by atoms with E-state index in [2.05, 4.69) is 10.5 Å². The van der Waals surface area contributed by atoms with E-state index < -0.39 is 26.6 Å². The molecule has 0 atom stereocenters. The van der Waals surface area contributed by atoms with Crippen LogP contribution >= 0.6 is 46.4 Å². The molecule has 1 aromatic heterocycles.